The summed E-state index contributed by atoms with van der Waals surface area (Å²) in [5.41, 5.74) is 2.15. The van der Waals surface area contributed by atoms with Gasteiger partial charge in [0.15, 0.2) is 6.10 Å². The van der Waals surface area contributed by atoms with Gasteiger partial charge in [-0.15, -0.1) is 0 Å². The van der Waals surface area contributed by atoms with Crippen molar-refractivity contribution in [3.63, 3.8) is 0 Å². The normalized spacial score (nSPS) is 14.3. The molecule has 0 radical (unpaired) electrons. The molecule has 3 amide bonds. The predicted octanol–water partition coefficient (Wildman–Crippen LogP) is 3.99. The molecule has 3 N–H and O–H groups in total. The van der Waals surface area contributed by atoms with Crippen molar-refractivity contribution in [3.05, 3.63) is 89.5 Å². The van der Waals surface area contributed by atoms with Crippen molar-refractivity contribution in [2.75, 3.05) is 42.4 Å². The van der Waals surface area contributed by atoms with Crippen LogP contribution in [0.15, 0.2) is 72.8 Å². The number of carbonyl (C=O) groups excluding carboxylic acids is 5. The summed E-state index contributed by atoms with van der Waals surface area (Å²) in [5.74, 6) is -3.22. The highest BCUT2D eigenvalue weighted by molar-refractivity contribution is 5.95. The zero-order valence-corrected chi connectivity index (χ0v) is 35.3. The van der Waals surface area contributed by atoms with E-state index in [4.69, 9.17) is 14.2 Å². The molecular formula is C44H60N4O10. The fraction of sp³-hybridized carbons (Fsp3) is 0.477. The second kappa shape index (κ2) is 21.8. The van der Waals surface area contributed by atoms with Crippen molar-refractivity contribution < 1.29 is 48.4 Å². The van der Waals surface area contributed by atoms with Gasteiger partial charge in [-0.3, -0.25) is 24.1 Å². The van der Waals surface area contributed by atoms with Gasteiger partial charge in [-0.2, -0.15) is 0 Å². The number of rotatable bonds is 20. The molecule has 316 valence electrons. The lowest BCUT2D eigenvalue weighted by Crippen LogP contribution is -2.59. The number of hydrogen-bond acceptors (Lipinski definition) is 11. The molecule has 3 aromatic rings. The van der Waals surface area contributed by atoms with Crippen LogP contribution in [0, 0.1) is 11.8 Å². The summed E-state index contributed by atoms with van der Waals surface area (Å²) in [6, 6.07) is 15.6. The Morgan fingerprint density at radius 3 is 1.52 bits per heavy atom. The number of likely N-dealkylation sites (N-methyl/N-ethyl adjacent to an activating group) is 3. The predicted molar refractivity (Wildman–Crippen MR) is 219 cm³/mol. The van der Waals surface area contributed by atoms with Crippen molar-refractivity contribution in [2.45, 2.75) is 83.6 Å². The van der Waals surface area contributed by atoms with E-state index in [2.05, 4.69) is 5.32 Å². The molecule has 0 fully saturated rings. The smallest absolute Gasteiger partial charge is 0.328 e. The van der Waals surface area contributed by atoms with Crippen molar-refractivity contribution in [2.24, 2.45) is 11.8 Å². The molecule has 0 saturated heterocycles. The third-order valence-electron chi connectivity index (χ3n) is 10.5. The Hall–Kier alpha value is -5.63. The third-order valence-corrected chi connectivity index (χ3v) is 10.5. The van der Waals surface area contributed by atoms with E-state index in [1.807, 2.05) is 19.1 Å². The number of nitrogens with zero attached hydrogens (tertiary/aromatic N) is 3. The highest BCUT2D eigenvalue weighted by Gasteiger charge is 2.40. The van der Waals surface area contributed by atoms with Crippen LogP contribution in [0.1, 0.15) is 50.8 Å². The first-order chi connectivity index (χ1) is 27.4. The molecule has 58 heavy (non-hydrogen) atoms. The first kappa shape index (κ1) is 46.8. The van der Waals surface area contributed by atoms with Crippen LogP contribution in [0.25, 0.3) is 0 Å². The topological polar surface area (TPSA) is 175 Å². The van der Waals surface area contributed by atoms with Crippen LogP contribution in [0.5, 0.6) is 17.2 Å². The molecule has 0 heterocycles. The molecule has 0 spiro atoms. The fourth-order valence-corrected chi connectivity index (χ4v) is 6.43. The molecular weight excluding hydrogens is 745 g/mol. The second-order valence-corrected chi connectivity index (χ2v) is 15.2. The van der Waals surface area contributed by atoms with E-state index in [0.717, 1.165) is 5.56 Å². The number of benzene rings is 3. The van der Waals surface area contributed by atoms with Crippen molar-refractivity contribution >= 4 is 29.7 Å². The van der Waals surface area contributed by atoms with Crippen molar-refractivity contribution in [1.82, 2.24) is 20.0 Å². The van der Waals surface area contributed by atoms with E-state index < -0.39 is 71.8 Å². The maximum absolute atomic E-state index is 14.5. The molecule has 14 nitrogen and oxygen atoms in total. The highest BCUT2D eigenvalue weighted by Crippen LogP contribution is 2.22. The van der Waals surface area contributed by atoms with E-state index in [9.17, 15) is 34.2 Å². The lowest BCUT2D eigenvalue weighted by atomic mass is 9.96. The van der Waals surface area contributed by atoms with Crippen LogP contribution in [0.4, 0.5) is 0 Å². The van der Waals surface area contributed by atoms with E-state index >= 15 is 0 Å². The number of amides is 3. The Bertz CT molecular complexity index is 1820. The van der Waals surface area contributed by atoms with Gasteiger partial charge >= 0.3 is 11.9 Å². The van der Waals surface area contributed by atoms with Gasteiger partial charge in [0.25, 0.3) is 5.91 Å². The maximum atomic E-state index is 14.5. The summed E-state index contributed by atoms with van der Waals surface area (Å²) in [6.07, 6.45) is -0.341. The number of carbonyl (C=O) groups is 5. The van der Waals surface area contributed by atoms with E-state index in [0.29, 0.717) is 29.7 Å². The van der Waals surface area contributed by atoms with Gasteiger partial charge in [-0.25, -0.2) is 4.79 Å². The molecule has 0 aromatic heterocycles. The van der Waals surface area contributed by atoms with Crippen LogP contribution >= 0.6 is 0 Å². The number of phenolic OH excluding ortho intramolecular Hbond substituents is 2. The van der Waals surface area contributed by atoms with Crippen LogP contribution in [0.3, 0.4) is 0 Å². The van der Waals surface area contributed by atoms with Gasteiger partial charge in [-0.05, 0) is 85.9 Å². The van der Waals surface area contributed by atoms with E-state index in [-0.39, 0.29) is 24.3 Å². The van der Waals surface area contributed by atoms with Gasteiger partial charge in [0.1, 0.15) is 41.4 Å². The highest BCUT2D eigenvalue weighted by atomic mass is 16.6. The summed E-state index contributed by atoms with van der Waals surface area (Å²) in [6.45, 7) is 7.18. The van der Waals surface area contributed by atoms with E-state index in [1.54, 1.807) is 83.3 Å². The Morgan fingerprint density at radius 2 is 1.09 bits per heavy atom. The van der Waals surface area contributed by atoms with Crippen LogP contribution in [0.2, 0.25) is 0 Å². The second-order valence-electron chi connectivity index (χ2n) is 15.2. The molecule has 0 aliphatic rings. The Labute approximate surface area is 342 Å². The summed E-state index contributed by atoms with van der Waals surface area (Å²) in [4.78, 5) is 74.2. The summed E-state index contributed by atoms with van der Waals surface area (Å²) in [7, 11) is 9.21. The lowest BCUT2D eigenvalue weighted by Gasteiger charge is -2.36. The number of methoxy groups -OCH3 is 2. The monoisotopic (exact) mass is 804 g/mol. The van der Waals surface area contributed by atoms with Gasteiger partial charge in [0.2, 0.25) is 11.8 Å². The Morgan fingerprint density at radius 1 is 0.638 bits per heavy atom. The molecule has 3 rings (SSSR count). The average molecular weight is 805 g/mol. The average Bonchev–Trinajstić information content (AvgIpc) is 3.21. The zero-order chi connectivity index (χ0) is 43.3. The minimum atomic E-state index is -1.23. The third kappa shape index (κ3) is 12.7. The first-order valence-electron chi connectivity index (χ1n) is 19.4. The van der Waals surface area contributed by atoms with Gasteiger partial charge in [-0.1, -0.05) is 64.1 Å². The molecule has 0 saturated carbocycles. The molecule has 0 aliphatic carbocycles. The van der Waals surface area contributed by atoms with Crippen molar-refractivity contribution in [1.29, 1.82) is 0 Å². The Balaban J connectivity index is 1.92. The van der Waals surface area contributed by atoms with Gasteiger partial charge < -0.3 is 39.5 Å². The number of phenols is 2. The lowest BCUT2D eigenvalue weighted by molar-refractivity contribution is -0.164. The van der Waals surface area contributed by atoms with Crippen LogP contribution in [-0.4, -0.2) is 127 Å². The molecule has 0 unspecified atom stereocenters. The minimum absolute atomic E-state index is 0.00475. The summed E-state index contributed by atoms with van der Waals surface area (Å²) >= 11 is 0. The minimum Gasteiger partial charge on any atom is -0.508 e. The molecule has 3 aromatic carbocycles. The number of nitrogens with one attached hydrogen (secondary N) is 1. The largest absolute Gasteiger partial charge is 0.508 e. The van der Waals surface area contributed by atoms with Gasteiger partial charge in [0, 0.05) is 32.9 Å². The zero-order valence-electron chi connectivity index (χ0n) is 35.3. The number of esters is 2. The number of ether oxygens (including phenoxy) is 3. The van der Waals surface area contributed by atoms with Crippen molar-refractivity contribution in [3.8, 4) is 17.2 Å². The van der Waals surface area contributed by atoms with E-state index in [1.165, 1.54) is 55.3 Å². The fourth-order valence-electron chi connectivity index (χ4n) is 6.43. The Kier molecular flexibility index (Phi) is 17.5. The first-order valence-corrected chi connectivity index (χ1v) is 19.4. The standard InChI is InChI=1S/C44H60N4O10/c1-11-28(4)39(58-44(55)36(46(5)6)25-31-16-22-34(56-9)23-17-31)40(51)45-38(27(2)3)42(53)47(7)35(24-29-12-18-32(49)19-13-29)41(52)48(8)37(43(54)57-10)26-30-14-20-33(50)21-15-30/h12-23,27-28,35-39,49-50H,11,24-26H2,1-10H3,(H,45,51)/t28-,35+,36-,37-,38-,39+/m0/s1. The van der Waals surface area contributed by atoms with Crippen LogP contribution in [-0.2, 0) is 52.7 Å². The molecule has 14 heteroatoms. The number of aromatic hydroxyl groups is 2. The molecule has 0 bridgehead atoms. The SMILES string of the molecule is CC[C@H](C)[C@@H](OC(=O)[C@H](Cc1ccc(OC)cc1)N(C)C)C(=O)N[C@H](C(=O)N(C)[C@H](Cc1ccc(O)cc1)C(=O)N(C)[C@@H](Cc1ccc(O)cc1)C(=O)OC)C(C)C. The molecule has 0 aliphatic heterocycles. The van der Waals surface area contributed by atoms with Crippen LogP contribution < -0.4 is 10.1 Å². The maximum Gasteiger partial charge on any atom is 0.328 e. The summed E-state index contributed by atoms with van der Waals surface area (Å²) < 4.78 is 16.3. The number of hydrogen-bond donors (Lipinski definition) is 3. The summed E-state index contributed by atoms with van der Waals surface area (Å²) in [5, 5.41) is 22.6. The quantitative estimate of drug-likeness (QED) is 0.141. The molecule has 6 atom stereocenters. The van der Waals surface area contributed by atoms with Gasteiger partial charge in [0.05, 0.1) is 14.2 Å².